The second kappa shape index (κ2) is 7.23. The van der Waals surface area contributed by atoms with Crippen molar-refractivity contribution in [2.24, 2.45) is 10.7 Å². The van der Waals surface area contributed by atoms with Crippen LogP contribution in [0.4, 0.5) is 13.2 Å². The molecule has 1 aliphatic rings. The molecule has 1 saturated heterocycles. The molecule has 1 unspecified atom stereocenters. The Morgan fingerprint density at radius 3 is 2.77 bits per heavy atom. The fourth-order valence-electron chi connectivity index (χ4n) is 1.94. The third-order valence-electron chi connectivity index (χ3n) is 3.04. The maximum atomic E-state index is 12.7. The van der Waals surface area contributed by atoms with E-state index in [0.717, 1.165) is 18.9 Å². The van der Waals surface area contributed by atoms with Gasteiger partial charge in [0.05, 0.1) is 11.4 Å². The molecule has 4 nitrogen and oxygen atoms in total. The van der Waals surface area contributed by atoms with Crippen LogP contribution in [0.1, 0.15) is 25.0 Å². The van der Waals surface area contributed by atoms with E-state index in [-0.39, 0.29) is 5.71 Å². The number of allylic oxidation sites excluding steroid dienone is 2. The van der Waals surface area contributed by atoms with Gasteiger partial charge in [-0.15, -0.1) is 0 Å². The van der Waals surface area contributed by atoms with Crippen molar-refractivity contribution in [1.82, 2.24) is 4.98 Å². The summed E-state index contributed by atoms with van der Waals surface area (Å²) in [5, 5.41) is 0. The van der Waals surface area contributed by atoms with Crippen LogP contribution in [0.25, 0.3) is 0 Å². The van der Waals surface area contributed by atoms with Crippen LogP contribution in [-0.2, 0) is 4.74 Å². The van der Waals surface area contributed by atoms with Gasteiger partial charge < -0.3 is 10.5 Å². The lowest BCUT2D eigenvalue weighted by Crippen LogP contribution is -2.23. The number of hydrogen-bond donors (Lipinski definition) is 1. The van der Waals surface area contributed by atoms with Crippen LogP contribution < -0.4 is 5.73 Å². The Morgan fingerprint density at radius 1 is 1.41 bits per heavy atom. The Hall–Kier alpha value is -1.41. The maximum absolute atomic E-state index is 12.7. The number of pyridine rings is 1. The first-order valence-electron chi connectivity index (χ1n) is 6.73. The molecule has 120 valence electrons. The molecular weight excluding hydrogens is 363 g/mol. The average Bonchev–Trinajstić information content (AvgIpc) is 2.46. The summed E-state index contributed by atoms with van der Waals surface area (Å²) in [5.41, 5.74) is 4.25. The van der Waals surface area contributed by atoms with Crippen molar-refractivity contribution in [2.45, 2.75) is 31.7 Å². The Balaban J connectivity index is 2.38. The molecule has 22 heavy (non-hydrogen) atoms. The molecule has 1 aromatic heterocycles. The van der Waals surface area contributed by atoms with Crippen molar-refractivity contribution >= 4 is 21.6 Å². The van der Waals surface area contributed by atoms with Gasteiger partial charge in [0.15, 0.2) is 0 Å². The van der Waals surface area contributed by atoms with E-state index >= 15 is 0 Å². The Labute approximate surface area is 134 Å². The number of aromatic nitrogens is 1. The summed E-state index contributed by atoms with van der Waals surface area (Å²) < 4.78 is 44.0. The minimum Gasteiger partial charge on any atom is -0.395 e. The second-order valence-corrected chi connectivity index (χ2v) is 5.59. The maximum Gasteiger partial charge on any atom is 0.430 e. The molecule has 1 atom stereocenters. The van der Waals surface area contributed by atoms with E-state index in [1.54, 1.807) is 18.2 Å². The molecule has 2 heterocycles. The summed E-state index contributed by atoms with van der Waals surface area (Å²) >= 11 is 3.19. The highest BCUT2D eigenvalue weighted by molar-refractivity contribution is 9.10. The molecule has 2 N–H and O–H groups in total. The number of hydrogen-bond acceptors (Lipinski definition) is 4. The van der Waals surface area contributed by atoms with E-state index in [1.165, 1.54) is 0 Å². The first-order valence-corrected chi connectivity index (χ1v) is 7.52. The van der Waals surface area contributed by atoms with E-state index < -0.39 is 18.1 Å². The Morgan fingerprint density at radius 2 is 2.18 bits per heavy atom. The zero-order valence-corrected chi connectivity index (χ0v) is 13.2. The number of halogens is 4. The van der Waals surface area contributed by atoms with Gasteiger partial charge in [0, 0.05) is 6.61 Å². The van der Waals surface area contributed by atoms with Crippen LogP contribution in [0.5, 0.6) is 0 Å². The van der Waals surface area contributed by atoms with Crippen LogP contribution >= 0.6 is 15.9 Å². The molecule has 0 bridgehead atoms. The van der Waals surface area contributed by atoms with Crippen molar-refractivity contribution in [3.8, 4) is 0 Å². The van der Waals surface area contributed by atoms with Gasteiger partial charge >= 0.3 is 6.18 Å². The Bertz CT molecular complexity index is 581. The molecule has 1 fully saturated rings. The topological polar surface area (TPSA) is 60.5 Å². The van der Waals surface area contributed by atoms with Crippen LogP contribution in [0.15, 0.2) is 39.6 Å². The molecule has 0 saturated carbocycles. The molecule has 8 heteroatoms. The SMILES string of the molecule is NC(=CC(=NC1CCCCO1)c1cccc(Br)n1)C(F)(F)F. The predicted octanol–water partition coefficient (Wildman–Crippen LogP) is 3.56. The Kier molecular flexibility index (Phi) is 5.57. The number of aliphatic imine (C=N–C) groups is 1. The number of alkyl halides is 3. The zero-order valence-electron chi connectivity index (χ0n) is 11.6. The van der Waals surface area contributed by atoms with Crippen molar-refractivity contribution < 1.29 is 17.9 Å². The van der Waals surface area contributed by atoms with Crippen molar-refractivity contribution in [2.75, 3.05) is 6.61 Å². The summed E-state index contributed by atoms with van der Waals surface area (Å²) in [6.45, 7) is 0.547. The van der Waals surface area contributed by atoms with Gasteiger partial charge in [-0.25, -0.2) is 4.98 Å². The lowest BCUT2D eigenvalue weighted by Gasteiger charge is -2.20. The summed E-state index contributed by atoms with van der Waals surface area (Å²) in [6, 6.07) is 4.92. The van der Waals surface area contributed by atoms with E-state index in [0.29, 0.717) is 23.3 Å². The minimum atomic E-state index is -4.61. The van der Waals surface area contributed by atoms with Crippen LogP contribution in [0.2, 0.25) is 0 Å². The predicted molar refractivity (Wildman–Crippen MR) is 80.4 cm³/mol. The summed E-state index contributed by atoms with van der Waals surface area (Å²) in [6.07, 6.45) is -1.77. The molecule has 0 spiro atoms. The molecule has 0 aliphatic carbocycles. The van der Waals surface area contributed by atoms with Gasteiger partial charge in [-0.3, -0.25) is 4.99 Å². The van der Waals surface area contributed by atoms with E-state index in [1.807, 2.05) is 0 Å². The number of rotatable bonds is 3. The second-order valence-electron chi connectivity index (χ2n) is 4.78. The average molecular weight is 378 g/mol. The van der Waals surface area contributed by atoms with Gasteiger partial charge in [-0.1, -0.05) is 6.07 Å². The zero-order chi connectivity index (χ0) is 16.2. The van der Waals surface area contributed by atoms with E-state index in [2.05, 4.69) is 25.9 Å². The van der Waals surface area contributed by atoms with Gasteiger partial charge in [0.1, 0.15) is 16.5 Å². The summed E-state index contributed by atoms with van der Waals surface area (Å²) in [5.74, 6) is 0. The van der Waals surface area contributed by atoms with Crippen LogP contribution in [0.3, 0.4) is 0 Å². The molecule has 1 aromatic rings. The minimum absolute atomic E-state index is 0.0584. The quantitative estimate of drug-likeness (QED) is 0.646. The van der Waals surface area contributed by atoms with Gasteiger partial charge in [0.25, 0.3) is 0 Å². The normalized spacial score (nSPS) is 21.0. The third kappa shape index (κ3) is 4.81. The van der Waals surface area contributed by atoms with Gasteiger partial charge in [-0.05, 0) is 53.4 Å². The van der Waals surface area contributed by atoms with Crippen molar-refractivity contribution in [3.05, 3.63) is 40.3 Å². The first kappa shape index (κ1) is 17.0. The highest BCUT2D eigenvalue weighted by Crippen LogP contribution is 2.23. The van der Waals surface area contributed by atoms with Gasteiger partial charge in [-0.2, -0.15) is 13.2 Å². The fraction of sp³-hybridized carbons (Fsp3) is 0.429. The summed E-state index contributed by atoms with van der Waals surface area (Å²) in [7, 11) is 0. The lowest BCUT2D eigenvalue weighted by atomic mass is 10.1. The van der Waals surface area contributed by atoms with Crippen LogP contribution in [0, 0.1) is 0 Å². The van der Waals surface area contributed by atoms with Crippen LogP contribution in [-0.4, -0.2) is 29.7 Å². The smallest absolute Gasteiger partial charge is 0.395 e. The van der Waals surface area contributed by atoms with Gasteiger partial charge in [0.2, 0.25) is 0 Å². The largest absolute Gasteiger partial charge is 0.430 e. The highest BCUT2D eigenvalue weighted by atomic mass is 79.9. The van der Waals surface area contributed by atoms with Crippen molar-refractivity contribution in [3.63, 3.8) is 0 Å². The third-order valence-corrected chi connectivity index (χ3v) is 3.48. The molecule has 1 aliphatic heterocycles. The number of nitrogens with two attached hydrogens (primary N) is 1. The highest BCUT2D eigenvalue weighted by Gasteiger charge is 2.32. The molecular formula is C14H15BrF3N3O. The number of ether oxygens (including phenoxy) is 1. The molecule has 2 rings (SSSR count). The fourth-order valence-corrected chi connectivity index (χ4v) is 2.28. The standard InChI is InChI=1S/C14H15BrF3N3O/c15-12-5-3-4-9(20-12)10(8-11(19)14(16,17)18)21-13-6-1-2-7-22-13/h3-5,8,13H,1-2,6-7,19H2. The summed E-state index contributed by atoms with van der Waals surface area (Å²) in [4.78, 5) is 8.39. The molecule has 0 amide bonds. The van der Waals surface area contributed by atoms with E-state index in [9.17, 15) is 13.2 Å². The molecule has 0 radical (unpaired) electrons. The first-order chi connectivity index (χ1) is 10.4. The number of nitrogens with zero attached hydrogens (tertiary/aromatic N) is 2. The lowest BCUT2D eigenvalue weighted by molar-refractivity contribution is -0.0925. The monoisotopic (exact) mass is 377 g/mol. The van der Waals surface area contributed by atoms with E-state index in [4.69, 9.17) is 10.5 Å². The van der Waals surface area contributed by atoms with Crippen molar-refractivity contribution in [1.29, 1.82) is 0 Å². The molecule has 0 aromatic carbocycles.